The van der Waals surface area contributed by atoms with Crippen molar-refractivity contribution in [3.05, 3.63) is 35.4 Å². The second kappa shape index (κ2) is 3.98. The van der Waals surface area contributed by atoms with Crippen LogP contribution in [0.4, 0.5) is 0 Å². The van der Waals surface area contributed by atoms with E-state index in [1.54, 1.807) is 18.5 Å². The van der Waals surface area contributed by atoms with Crippen LogP contribution in [0.15, 0.2) is 24.7 Å². The van der Waals surface area contributed by atoms with Crippen molar-refractivity contribution in [3.63, 3.8) is 0 Å². The Morgan fingerprint density at radius 3 is 2.47 bits per heavy atom. The fourth-order valence-corrected chi connectivity index (χ4v) is 1.13. The molecule has 0 fully saturated rings. The van der Waals surface area contributed by atoms with E-state index in [9.17, 15) is 0 Å². The molecule has 15 heavy (non-hydrogen) atoms. The molecule has 0 saturated heterocycles. The first-order chi connectivity index (χ1) is 7.31. The molecule has 0 saturated carbocycles. The normalized spacial score (nSPS) is 9.60. The molecule has 72 valence electrons. The van der Waals surface area contributed by atoms with Gasteiger partial charge in [-0.1, -0.05) is 11.6 Å². The minimum absolute atomic E-state index is 0.106. The first kappa shape index (κ1) is 9.49. The van der Waals surface area contributed by atoms with Crippen LogP contribution in [0.1, 0.15) is 5.56 Å². The van der Waals surface area contributed by atoms with Gasteiger partial charge in [0.05, 0.1) is 6.20 Å². The topological polar surface area (TPSA) is 75.3 Å². The Hall–Kier alpha value is -2.06. The van der Waals surface area contributed by atoms with E-state index in [-0.39, 0.29) is 10.7 Å². The molecule has 0 atom stereocenters. The van der Waals surface area contributed by atoms with Crippen LogP contribution in [0, 0.1) is 11.3 Å². The van der Waals surface area contributed by atoms with E-state index >= 15 is 0 Å². The maximum absolute atomic E-state index is 8.63. The lowest BCUT2D eigenvalue weighted by Gasteiger charge is -1.98. The molecule has 0 unspecified atom stereocenters. The lowest BCUT2D eigenvalue weighted by molar-refractivity contribution is 1.07. The summed E-state index contributed by atoms with van der Waals surface area (Å²) in [6.07, 6.45) is 4.51. The van der Waals surface area contributed by atoms with Gasteiger partial charge in [0.1, 0.15) is 11.6 Å². The first-order valence-corrected chi connectivity index (χ1v) is 4.39. The van der Waals surface area contributed by atoms with Gasteiger partial charge in [0.15, 0.2) is 16.8 Å². The van der Waals surface area contributed by atoms with E-state index in [0.29, 0.717) is 11.6 Å². The van der Waals surface area contributed by atoms with Gasteiger partial charge >= 0.3 is 0 Å². The minimum atomic E-state index is 0.106. The molecule has 2 rings (SSSR count). The third kappa shape index (κ3) is 1.90. The van der Waals surface area contributed by atoms with Gasteiger partial charge in [0.25, 0.3) is 0 Å². The molecular weight excluding hydrogens is 214 g/mol. The molecule has 0 amide bonds. The van der Waals surface area contributed by atoms with E-state index in [2.05, 4.69) is 19.9 Å². The summed E-state index contributed by atoms with van der Waals surface area (Å²) in [5.74, 6) is 0.684. The van der Waals surface area contributed by atoms with Crippen LogP contribution in [0.25, 0.3) is 11.6 Å². The summed E-state index contributed by atoms with van der Waals surface area (Å²) in [7, 11) is 0. The molecule has 0 aliphatic heterocycles. The summed E-state index contributed by atoms with van der Waals surface area (Å²) >= 11 is 5.75. The molecule has 0 aliphatic rings. The zero-order valence-electron chi connectivity index (χ0n) is 7.42. The highest BCUT2D eigenvalue weighted by Crippen LogP contribution is 2.14. The largest absolute Gasteiger partial charge is 0.234 e. The van der Waals surface area contributed by atoms with Gasteiger partial charge in [-0.3, -0.25) is 0 Å². The molecule has 0 N–H and O–H groups in total. The van der Waals surface area contributed by atoms with Gasteiger partial charge < -0.3 is 0 Å². The van der Waals surface area contributed by atoms with Crippen molar-refractivity contribution in [3.8, 4) is 17.7 Å². The van der Waals surface area contributed by atoms with Crippen molar-refractivity contribution in [2.45, 2.75) is 0 Å². The SMILES string of the molecule is N#Cc1cnc(-c2ncccn2)nc1Cl. The Morgan fingerprint density at radius 1 is 1.13 bits per heavy atom. The molecule has 2 aromatic heterocycles. The Balaban J connectivity index is 2.49. The Bertz CT molecular complexity index is 520. The smallest absolute Gasteiger partial charge is 0.199 e. The van der Waals surface area contributed by atoms with Gasteiger partial charge in [-0.2, -0.15) is 5.26 Å². The van der Waals surface area contributed by atoms with Crippen LogP contribution >= 0.6 is 11.6 Å². The third-order valence-corrected chi connectivity index (χ3v) is 1.92. The van der Waals surface area contributed by atoms with E-state index in [1.807, 2.05) is 6.07 Å². The van der Waals surface area contributed by atoms with Crippen molar-refractivity contribution in [1.29, 1.82) is 5.26 Å². The van der Waals surface area contributed by atoms with Crippen molar-refractivity contribution in [1.82, 2.24) is 19.9 Å². The highest BCUT2D eigenvalue weighted by molar-refractivity contribution is 6.30. The monoisotopic (exact) mass is 217 g/mol. The van der Waals surface area contributed by atoms with Crippen LogP contribution < -0.4 is 0 Å². The molecule has 0 aromatic carbocycles. The van der Waals surface area contributed by atoms with Crippen molar-refractivity contribution >= 4 is 11.6 Å². The molecule has 0 bridgehead atoms. The average molecular weight is 218 g/mol. The predicted molar refractivity (Wildman–Crippen MR) is 52.8 cm³/mol. The first-order valence-electron chi connectivity index (χ1n) is 4.01. The number of halogens is 1. The van der Waals surface area contributed by atoms with Crippen molar-refractivity contribution < 1.29 is 0 Å². The van der Waals surface area contributed by atoms with Crippen LogP contribution in [0.3, 0.4) is 0 Å². The summed E-state index contributed by atoms with van der Waals surface area (Å²) in [6.45, 7) is 0. The second-order valence-electron chi connectivity index (χ2n) is 2.58. The highest BCUT2D eigenvalue weighted by Gasteiger charge is 2.07. The zero-order chi connectivity index (χ0) is 10.7. The molecule has 0 radical (unpaired) electrons. The molecule has 0 spiro atoms. The average Bonchev–Trinajstić information content (AvgIpc) is 2.30. The number of rotatable bonds is 1. The maximum atomic E-state index is 8.63. The lowest BCUT2D eigenvalue weighted by Crippen LogP contribution is -1.95. The molecule has 2 aromatic rings. The summed E-state index contributed by atoms with van der Waals surface area (Å²) in [4.78, 5) is 15.8. The second-order valence-corrected chi connectivity index (χ2v) is 2.94. The van der Waals surface area contributed by atoms with Gasteiger partial charge in [0, 0.05) is 12.4 Å². The van der Waals surface area contributed by atoms with Crippen LogP contribution in [-0.2, 0) is 0 Å². The highest BCUT2D eigenvalue weighted by atomic mass is 35.5. The van der Waals surface area contributed by atoms with Crippen LogP contribution in [0.5, 0.6) is 0 Å². The van der Waals surface area contributed by atoms with Gasteiger partial charge in [-0.25, -0.2) is 19.9 Å². The van der Waals surface area contributed by atoms with E-state index in [1.165, 1.54) is 6.20 Å². The summed E-state index contributed by atoms with van der Waals surface area (Å²) < 4.78 is 0. The van der Waals surface area contributed by atoms with Gasteiger partial charge in [0.2, 0.25) is 0 Å². The zero-order valence-corrected chi connectivity index (χ0v) is 8.18. The molecular formula is C9H4ClN5. The van der Waals surface area contributed by atoms with Crippen LogP contribution in [0.2, 0.25) is 5.15 Å². The Kier molecular flexibility index (Phi) is 2.52. The van der Waals surface area contributed by atoms with E-state index < -0.39 is 0 Å². The standard InChI is InChI=1S/C9H4ClN5/c10-7-6(4-11)5-14-9(15-7)8-12-2-1-3-13-8/h1-3,5H. The van der Waals surface area contributed by atoms with Crippen LogP contribution in [-0.4, -0.2) is 19.9 Å². The third-order valence-electron chi connectivity index (χ3n) is 1.63. The molecule has 0 aliphatic carbocycles. The Morgan fingerprint density at radius 2 is 1.87 bits per heavy atom. The maximum Gasteiger partial charge on any atom is 0.199 e. The number of nitrogens with zero attached hydrogens (tertiary/aromatic N) is 5. The van der Waals surface area contributed by atoms with Gasteiger partial charge in [-0.15, -0.1) is 0 Å². The summed E-state index contributed by atoms with van der Waals surface area (Å²) in [5, 5.41) is 8.74. The van der Waals surface area contributed by atoms with Gasteiger partial charge in [-0.05, 0) is 6.07 Å². The minimum Gasteiger partial charge on any atom is -0.234 e. The fraction of sp³-hybridized carbons (Fsp3) is 0. The number of hydrogen-bond donors (Lipinski definition) is 0. The van der Waals surface area contributed by atoms with Crippen molar-refractivity contribution in [2.75, 3.05) is 0 Å². The quantitative estimate of drug-likeness (QED) is 0.676. The lowest BCUT2D eigenvalue weighted by atomic mass is 10.4. The molecule has 6 heteroatoms. The Labute approximate surface area is 90.4 Å². The van der Waals surface area contributed by atoms with E-state index in [4.69, 9.17) is 16.9 Å². The summed E-state index contributed by atoms with van der Waals surface area (Å²) in [5.41, 5.74) is 0.233. The fourth-order valence-electron chi connectivity index (χ4n) is 0.958. The molecule has 2 heterocycles. The number of nitriles is 1. The summed E-state index contributed by atoms with van der Waals surface area (Å²) in [6, 6.07) is 3.57. The predicted octanol–water partition coefficient (Wildman–Crippen LogP) is 1.46. The molecule has 5 nitrogen and oxygen atoms in total. The number of aromatic nitrogens is 4. The van der Waals surface area contributed by atoms with E-state index in [0.717, 1.165) is 0 Å². The number of hydrogen-bond acceptors (Lipinski definition) is 5. The van der Waals surface area contributed by atoms with Crippen molar-refractivity contribution in [2.24, 2.45) is 0 Å².